The molecule has 4 rings (SSSR count). The van der Waals surface area contributed by atoms with Crippen LogP contribution in [0.5, 0.6) is 0 Å². The highest BCUT2D eigenvalue weighted by Gasteiger charge is 2.15. The average molecular weight is 577 g/mol. The van der Waals surface area contributed by atoms with Crippen molar-refractivity contribution in [1.29, 1.82) is 0 Å². The highest BCUT2D eigenvalue weighted by Crippen LogP contribution is 2.22. The number of carbonyl (C=O) groups is 3. The lowest BCUT2D eigenvalue weighted by atomic mass is 10.1. The molecule has 0 saturated carbocycles. The average Bonchev–Trinajstić information content (AvgIpc) is 2.94. The molecule has 39 heavy (non-hydrogen) atoms. The van der Waals surface area contributed by atoms with Crippen LogP contribution >= 0.6 is 35.0 Å². The van der Waals surface area contributed by atoms with Gasteiger partial charge in [0.05, 0.1) is 5.75 Å². The molecule has 4 aromatic rings. The van der Waals surface area contributed by atoms with E-state index in [1.54, 1.807) is 103 Å². The number of hydrogen-bond donors (Lipinski definition) is 3. The Balaban J connectivity index is 1.40. The first-order valence-corrected chi connectivity index (χ1v) is 13.5. The number of anilines is 2. The van der Waals surface area contributed by atoms with Crippen molar-refractivity contribution in [3.05, 3.63) is 130 Å². The maximum Gasteiger partial charge on any atom is 0.272 e. The maximum absolute atomic E-state index is 13.2. The van der Waals surface area contributed by atoms with Crippen LogP contribution in [0.25, 0.3) is 6.08 Å². The minimum Gasteiger partial charge on any atom is -0.325 e. The van der Waals surface area contributed by atoms with Gasteiger partial charge in [-0.25, -0.2) is 0 Å². The Morgan fingerprint density at radius 1 is 0.718 bits per heavy atom. The van der Waals surface area contributed by atoms with Gasteiger partial charge in [-0.05, 0) is 78.4 Å². The molecule has 0 spiro atoms. The van der Waals surface area contributed by atoms with Crippen molar-refractivity contribution in [2.75, 3.05) is 16.4 Å². The predicted molar refractivity (Wildman–Crippen MR) is 159 cm³/mol. The monoisotopic (exact) mass is 575 g/mol. The third-order valence-electron chi connectivity index (χ3n) is 5.30. The van der Waals surface area contributed by atoms with Gasteiger partial charge in [-0.3, -0.25) is 14.4 Å². The third-order valence-corrected chi connectivity index (χ3v) is 6.80. The summed E-state index contributed by atoms with van der Waals surface area (Å²) >= 11 is 13.3. The van der Waals surface area contributed by atoms with E-state index in [2.05, 4.69) is 16.0 Å². The molecule has 196 valence electrons. The number of rotatable bonds is 9. The molecule has 0 fully saturated rings. The first kappa shape index (κ1) is 28.0. The van der Waals surface area contributed by atoms with Gasteiger partial charge in [0.15, 0.2) is 0 Å². The fourth-order valence-corrected chi connectivity index (χ4v) is 4.43. The van der Waals surface area contributed by atoms with Crippen LogP contribution in [-0.2, 0) is 9.59 Å². The third kappa shape index (κ3) is 8.75. The van der Waals surface area contributed by atoms with Crippen LogP contribution in [0.1, 0.15) is 15.9 Å². The molecule has 0 aliphatic carbocycles. The molecule has 4 aromatic carbocycles. The van der Waals surface area contributed by atoms with Crippen LogP contribution in [0.3, 0.4) is 0 Å². The number of amides is 3. The topological polar surface area (TPSA) is 87.3 Å². The van der Waals surface area contributed by atoms with Gasteiger partial charge in [0.25, 0.3) is 11.8 Å². The Morgan fingerprint density at radius 3 is 2.13 bits per heavy atom. The van der Waals surface area contributed by atoms with E-state index in [9.17, 15) is 14.4 Å². The Kier molecular flexibility index (Phi) is 9.80. The van der Waals surface area contributed by atoms with Gasteiger partial charge >= 0.3 is 0 Å². The summed E-state index contributed by atoms with van der Waals surface area (Å²) in [5.74, 6) is -0.854. The first-order valence-electron chi connectivity index (χ1n) is 11.8. The first-order chi connectivity index (χ1) is 18.9. The van der Waals surface area contributed by atoms with E-state index in [1.165, 1.54) is 11.8 Å². The molecular formula is C30H23Cl2N3O3S. The van der Waals surface area contributed by atoms with Crippen molar-refractivity contribution in [2.24, 2.45) is 0 Å². The van der Waals surface area contributed by atoms with Gasteiger partial charge in [0.2, 0.25) is 5.91 Å². The molecule has 6 nitrogen and oxygen atoms in total. The van der Waals surface area contributed by atoms with Crippen LogP contribution in [0.2, 0.25) is 10.0 Å². The second-order valence-corrected chi connectivity index (χ2v) is 10.2. The molecule has 0 heterocycles. The van der Waals surface area contributed by atoms with E-state index < -0.39 is 11.8 Å². The summed E-state index contributed by atoms with van der Waals surface area (Å²) in [5, 5.41) is 9.43. The summed E-state index contributed by atoms with van der Waals surface area (Å²) < 4.78 is 0. The molecule has 0 aliphatic heterocycles. The smallest absolute Gasteiger partial charge is 0.272 e. The van der Waals surface area contributed by atoms with Gasteiger partial charge in [0.1, 0.15) is 5.70 Å². The quantitative estimate of drug-likeness (QED) is 0.146. The Morgan fingerprint density at radius 2 is 1.44 bits per heavy atom. The van der Waals surface area contributed by atoms with Crippen molar-refractivity contribution in [3.63, 3.8) is 0 Å². The maximum atomic E-state index is 13.2. The molecule has 3 amide bonds. The number of thioether (sulfide) groups is 1. The summed E-state index contributed by atoms with van der Waals surface area (Å²) in [6.07, 6.45) is 1.58. The lowest BCUT2D eigenvalue weighted by Crippen LogP contribution is -2.30. The Hall–Kier alpha value is -4.04. The van der Waals surface area contributed by atoms with Crippen molar-refractivity contribution in [1.82, 2.24) is 5.32 Å². The van der Waals surface area contributed by atoms with Crippen LogP contribution in [-0.4, -0.2) is 23.5 Å². The molecule has 0 atom stereocenters. The SMILES string of the molecule is O=C(CSc1ccc(NC(=O)/C(=C/c2ccc(Cl)cc2)NC(=O)c2ccccc2)cc1)Nc1cccc(Cl)c1. The summed E-state index contributed by atoms with van der Waals surface area (Å²) in [6.45, 7) is 0. The molecule has 3 N–H and O–H groups in total. The fraction of sp³-hybridized carbons (Fsp3) is 0.0333. The summed E-state index contributed by atoms with van der Waals surface area (Å²) in [4.78, 5) is 39.0. The number of benzene rings is 4. The molecule has 0 aromatic heterocycles. The molecule has 0 unspecified atom stereocenters. The van der Waals surface area contributed by atoms with Crippen LogP contribution in [0.4, 0.5) is 11.4 Å². The van der Waals surface area contributed by atoms with Crippen molar-refractivity contribution >= 4 is 70.1 Å². The Bertz CT molecular complexity index is 1490. The van der Waals surface area contributed by atoms with Gasteiger partial charge in [-0.1, -0.05) is 59.6 Å². The van der Waals surface area contributed by atoms with E-state index in [4.69, 9.17) is 23.2 Å². The standard InChI is InChI=1S/C30H23Cl2N3O3S/c31-22-11-9-20(10-12-22)17-27(35-29(37)21-5-2-1-3-6-21)30(38)34-24-13-15-26(16-14-24)39-19-28(36)33-25-8-4-7-23(32)18-25/h1-18H,19H2,(H,33,36)(H,34,38)(H,35,37)/b27-17-. The van der Waals surface area contributed by atoms with Gasteiger partial charge in [0, 0.05) is 31.9 Å². The van der Waals surface area contributed by atoms with Crippen LogP contribution in [0.15, 0.2) is 114 Å². The lowest BCUT2D eigenvalue weighted by Gasteiger charge is -2.12. The van der Waals surface area contributed by atoms with Gasteiger partial charge in [-0.15, -0.1) is 11.8 Å². The lowest BCUT2D eigenvalue weighted by molar-refractivity contribution is -0.114. The second-order valence-electron chi connectivity index (χ2n) is 8.26. The van der Waals surface area contributed by atoms with E-state index >= 15 is 0 Å². The minimum absolute atomic E-state index is 0.0716. The largest absolute Gasteiger partial charge is 0.325 e. The highest BCUT2D eigenvalue weighted by atomic mass is 35.5. The number of halogens is 2. The van der Waals surface area contributed by atoms with Crippen molar-refractivity contribution < 1.29 is 14.4 Å². The molecular weight excluding hydrogens is 553 g/mol. The number of hydrogen-bond acceptors (Lipinski definition) is 4. The normalized spacial score (nSPS) is 11.0. The van der Waals surface area contributed by atoms with Crippen LogP contribution in [0, 0.1) is 0 Å². The summed E-state index contributed by atoms with van der Waals surface area (Å²) in [7, 11) is 0. The number of nitrogens with one attached hydrogen (secondary N) is 3. The Labute approximate surface area is 240 Å². The van der Waals surface area contributed by atoms with E-state index in [0.29, 0.717) is 32.5 Å². The summed E-state index contributed by atoms with van der Waals surface area (Å²) in [6, 6.07) is 29.6. The second kappa shape index (κ2) is 13.7. The molecule has 0 radical (unpaired) electrons. The molecule has 0 saturated heterocycles. The minimum atomic E-state index is -0.490. The zero-order valence-corrected chi connectivity index (χ0v) is 22.8. The van der Waals surface area contributed by atoms with E-state index in [-0.39, 0.29) is 17.4 Å². The van der Waals surface area contributed by atoms with Gasteiger partial charge in [-0.2, -0.15) is 0 Å². The number of carbonyl (C=O) groups excluding carboxylic acids is 3. The predicted octanol–water partition coefficient (Wildman–Crippen LogP) is 7.13. The molecule has 0 bridgehead atoms. The summed E-state index contributed by atoms with van der Waals surface area (Å²) in [5.41, 5.74) is 2.35. The van der Waals surface area contributed by atoms with Gasteiger partial charge < -0.3 is 16.0 Å². The molecule has 0 aliphatic rings. The molecule has 9 heteroatoms. The zero-order valence-electron chi connectivity index (χ0n) is 20.5. The zero-order chi connectivity index (χ0) is 27.6. The van der Waals surface area contributed by atoms with E-state index in [1.807, 2.05) is 6.07 Å². The highest BCUT2D eigenvalue weighted by molar-refractivity contribution is 8.00. The van der Waals surface area contributed by atoms with Crippen molar-refractivity contribution in [2.45, 2.75) is 4.90 Å². The van der Waals surface area contributed by atoms with E-state index in [0.717, 1.165) is 4.90 Å². The van der Waals surface area contributed by atoms with Crippen molar-refractivity contribution in [3.8, 4) is 0 Å². The fourth-order valence-electron chi connectivity index (χ4n) is 3.41. The van der Waals surface area contributed by atoms with Crippen LogP contribution < -0.4 is 16.0 Å².